The van der Waals surface area contributed by atoms with Gasteiger partial charge in [-0.2, -0.15) is 0 Å². The van der Waals surface area contributed by atoms with Crippen LogP contribution in [0.4, 0.5) is 0 Å². The summed E-state index contributed by atoms with van der Waals surface area (Å²) in [7, 11) is 0. The van der Waals surface area contributed by atoms with Crippen LogP contribution in [-0.4, -0.2) is 243 Å². The van der Waals surface area contributed by atoms with Gasteiger partial charge in [0.25, 0.3) is 0 Å². The van der Waals surface area contributed by atoms with Crippen molar-refractivity contribution in [1.29, 1.82) is 0 Å². The van der Waals surface area contributed by atoms with Gasteiger partial charge in [-0.3, -0.25) is 82.7 Å². The highest BCUT2D eigenvalue weighted by Gasteiger charge is 2.40. The molecule has 0 radical (unpaired) electrons. The summed E-state index contributed by atoms with van der Waals surface area (Å²) < 4.78 is 0. The molecular formula is C59H116N32O12. The lowest BCUT2D eigenvalue weighted by Crippen LogP contribution is -2.60. The van der Waals surface area contributed by atoms with Crippen molar-refractivity contribution in [3.05, 3.63) is 0 Å². The number of nitrogens with two attached hydrogens (primary N) is 16. The molecule has 0 aromatic rings. The van der Waals surface area contributed by atoms with Crippen LogP contribution in [0.15, 0.2) is 30.0 Å². The van der Waals surface area contributed by atoms with Crippen LogP contribution in [0.2, 0.25) is 0 Å². The van der Waals surface area contributed by atoms with Gasteiger partial charge < -0.3 is 150 Å². The maximum atomic E-state index is 14.9. The maximum absolute atomic E-state index is 14.9. The molecule has 0 unspecified atom stereocenters. The molecule has 0 aromatic carbocycles. The zero-order chi connectivity index (χ0) is 77.6. The zero-order valence-corrected chi connectivity index (χ0v) is 58.9. The SMILES string of the molecule is C[C@@H](O)[C@H](N)C(=O)N1CCC[C@H]1C(=O)N[C@@H](CCCN=C(N)N)C(=O)N[C@@H](CCCN=C(N)N)C(=O)N[C@@H](CCCN=C(N)N)C(=O)N[C@@H](CCCN=C(N)N)C(=O)N[C@@H](CCCN=C(N)N)C(=O)N[C@@H](CCCCN)C(=O)N[C@@H](CCCCN)C(=O)N[C@@H](CCCN=C(N)N)C(=O)NCC(N)=O. The first-order valence-corrected chi connectivity index (χ1v) is 34.2. The Labute approximate surface area is 598 Å². The summed E-state index contributed by atoms with van der Waals surface area (Å²) in [5.74, 6) is -11.1. The van der Waals surface area contributed by atoms with Gasteiger partial charge >= 0.3 is 0 Å². The first kappa shape index (κ1) is 90.6. The number of aliphatic hydroxyl groups is 1. The maximum Gasteiger partial charge on any atom is 0.243 e. The van der Waals surface area contributed by atoms with Crippen molar-refractivity contribution in [3.63, 3.8) is 0 Å². The molecule has 1 aliphatic heterocycles. The molecule has 44 nitrogen and oxygen atoms in total. The van der Waals surface area contributed by atoms with E-state index in [1.807, 2.05) is 0 Å². The van der Waals surface area contributed by atoms with Crippen molar-refractivity contribution < 1.29 is 57.8 Å². The van der Waals surface area contributed by atoms with Gasteiger partial charge in [-0.1, -0.05) is 0 Å². The van der Waals surface area contributed by atoms with Gasteiger partial charge in [0.2, 0.25) is 65.0 Å². The summed E-state index contributed by atoms with van der Waals surface area (Å²) in [6, 6.07) is -14.0. The third-order valence-corrected chi connectivity index (χ3v) is 15.7. The normalized spacial score (nSPS) is 15.2. The molecule has 1 saturated heterocycles. The quantitative estimate of drug-likeness (QED) is 0.0153. The third-order valence-electron chi connectivity index (χ3n) is 15.7. The Morgan fingerprint density at radius 1 is 0.379 bits per heavy atom. The molecule has 584 valence electrons. The van der Waals surface area contributed by atoms with Gasteiger partial charge in [-0.15, -0.1) is 0 Å². The average molecular weight is 1470 g/mol. The van der Waals surface area contributed by atoms with Gasteiger partial charge in [0.1, 0.15) is 60.4 Å². The number of guanidine groups is 6. The van der Waals surface area contributed by atoms with E-state index in [9.17, 15) is 57.8 Å². The number of nitrogens with one attached hydrogen (secondary N) is 9. The average Bonchev–Trinajstić information content (AvgIpc) is 1.75. The van der Waals surface area contributed by atoms with E-state index in [1.165, 1.54) is 11.8 Å². The summed E-state index contributed by atoms with van der Waals surface area (Å²) in [6.07, 6.45) is 0.186. The van der Waals surface area contributed by atoms with Crippen LogP contribution in [-0.2, 0) is 52.7 Å². The number of carbonyl (C=O) groups excluding carboxylic acids is 11. The molecule has 1 aliphatic rings. The number of hydrogen-bond acceptors (Lipinski definition) is 21. The third kappa shape index (κ3) is 39.4. The molecule has 103 heavy (non-hydrogen) atoms. The molecule has 0 spiro atoms. The highest BCUT2D eigenvalue weighted by atomic mass is 16.3. The standard InChI is InChI=1S/C59H116N32O12/c1-32(92)43(63)53(103)91-30-12-21-41(91)52(102)90-40(20-11-29-81-59(74)75)51(101)89-39(19-10-28-80-58(72)73)50(100)88-38(18-9-27-79-57(70)71)49(99)87-37(17-8-26-78-56(68)69)48(98)86-36(16-7-25-77-55(66)67)47(97)85-35(14-3-5-23-61)46(96)84-34(13-2-4-22-60)45(95)83-33(15-6-24-76-54(64)65)44(94)82-31-42(62)93/h32-41,43,92H,2-31,60-61,63H2,1H3,(H2,62,93)(H,82,94)(H,83,95)(H,84,96)(H,85,97)(H,86,98)(H,87,99)(H,88,100)(H,89,101)(H,90,102)(H4,64,65,76)(H4,66,67,77)(H4,68,69,78)(H4,70,71,79)(H4,72,73,80)(H4,74,75,81)/t32-,33+,34+,35+,36+,37+,38+,39+,40+,41+,43+/m1/s1. The van der Waals surface area contributed by atoms with Gasteiger partial charge in [-0.25, -0.2) is 0 Å². The number of rotatable bonds is 53. The molecule has 42 N–H and O–H groups in total. The van der Waals surface area contributed by atoms with Crippen molar-refractivity contribution in [2.45, 2.75) is 202 Å². The van der Waals surface area contributed by atoms with Gasteiger partial charge in [0.05, 0.1) is 12.6 Å². The Kier molecular flexibility index (Phi) is 44.8. The van der Waals surface area contributed by atoms with Gasteiger partial charge in [-0.05, 0) is 148 Å². The molecule has 0 aromatic heterocycles. The summed E-state index contributed by atoms with van der Waals surface area (Å²) in [5.41, 5.74) is 89.7. The summed E-state index contributed by atoms with van der Waals surface area (Å²) in [6.45, 7) is 1.16. The predicted octanol–water partition coefficient (Wildman–Crippen LogP) is -12.3. The number of likely N-dealkylation sites (tertiary alicyclic amines) is 1. The molecule has 1 rings (SSSR count). The molecule has 11 amide bonds. The van der Waals surface area contributed by atoms with Crippen molar-refractivity contribution in [2.75, 3.05) is 65.4 Å². The lowest BCUT2D eigenvalue weighted by Gasteiger charge is -2.30. The molecule has 1 heterocycles. The van der Waals surface area contributed by atoms with Crippen LogP contribution in [0.25, 0.3) is 0 Å². The molecule has 11 atom stereocenters. The van der Waals surface area contributed by atoms with Gasteiger partial charge in [0, 0.05) is 45.8 Å². The van der Waals surface area contributed by atoms with Crippen LogP contribution in [0.5, 0.6) is 0 Å². The zero-order valence-electron chi connectivity index (χ0n) is 58.9. The van der Waals surface area contributed by atoms with E-state index < -0.39 is 138 Å². The fourth-order valence-corrected chi connectivity index (χ4v) is 10.3. The first-order valence-electron chi connectivity index (χ1n) is 34.2. The number of aliphatic hydroxyl groups excluding tert-OH is 1. The van der Waals surface area contributed by atoms with Gasteiger partial charge in [0.15, 0.2) is 35.8 Å². The Morgan fingerprint density at radius 2 is 0.621 bits per heavy atom. The molecule has 1 fully saturated rings. The lowest BCUT2D eigenvalue weighted by molar-refractivity contribution is -0.142. The second kappa shape index (κ2) is 50.9. The predicted molar refractivity (Wildman–Crippen MR) is 387 cm³/mol. The molecular weight excluding hydrogens is 1350 g/mol. The Bertz CT molecular complexity index is 2890. The second-order valence-corrected chi connectivity index (χ2v) is 24.4. The molecule has 44 heteroatoms. The summed E-state index contributed by atoms with van der Waals surface area (Å²) >= 11 is 0. The largest absolute Gasteiger partial charge is 0.391 e. The topological polar surface area (TPSA) is 810 Å². The Balaban J connectivity index is 3.97. The van der Waals surface area contributed by atoms with Crippen molar-refractivity contribution in [2.24, 2.45) is 122 Å². The number of hydrogen-bond donors (Lipinski definition) is 26. The number of carbonyl (C=O) groups is 11. The number of primary amides is 1. The molecule has 0 aliphatic carbocycles. The Hall–Kier alpha value is -10.4. The highest BCUT2D eigenvalue weighted by Crippen LogP contribution is 2.20. The lowest BCUT2D eigenvalue weighted by atomic mass is 10.0. The highest BCUT2D eigenvalue weighted by molar-refractivity contribution is 5.99. The second-order valence-electron chi connectivity index (χ2n) is 24.4. The number of amides is 11. The van der Waals surface area contributed by atoms with Crippen LogP contribution in [0, 0.1) is 0 Å². The van der Waals surface area contributed by atoms with Crippen LogP contribution >= 0.6 is 0 Å². The van der Waals surface area contributed by atoms with Crippen molar-refractivity contribution in [1.82, 2.24) is 52.8 Å². The van der Waals surface area contributed by atoms with Crippen LogP contribution < -0.4 is 140 Å². The number of aliphatic imine (C=N–C) groups is 6. The van der Waals surface area contributed by atoms with E-state index in [1.54, 1.807) is 0 Å². The minimum Gasteiger partial charge on any atom is -0.391 e. The molecule has 0 bridgehead atoms. The fourth-order valence-electron chi connectivity index (χ4n) is 10.3. The van der Waals surface area contributed by atoms with Crippen LogP contribution in [0.3, 0.4) is 0 Å². The van der Waals surface area contributed by atoms with Crippen molar-refractivity contribution in [3.8, 4) is 0 Å². The smallest absolute Gasteiger partial charge is 0.243 e. The van der Waals surface area contributed by atoms with E-state index in [-0.39, 0.29) is 197 Å². The van der Waals surface area contributed by atoms with Crippen molar-refractivity contribution >= 4 is 101 Å². The van der Waals surface area contributed by atoms with E-state index in [0.29, 0.717) is 25.7 Å². The minimum atomic E-state index is -1.55. The van der Waals surface area contributed by atoms with E-state index in [2.05, 4.69) is 77.8 Å². The van der Waals surface area contributed by atoms with E-state index >= 15 is 0 Å². The minimum absolute atomic E-state index is 0.000797. The Morgan fingerprint density at radius 3 is 0.854 bits per heavy atom. The van der Waals surface area contributed by atoms with E-state index in [4.69, 9.17) is 91.7 Å². The monoisotopic (exact) mass is 1460 g/mol. The first-order chi connectivity index (χ1) is 48.7. The number of unbranched alkanes of at least 4 members (excludes halogenated alkanes) is 2. The number of nitrogens with zero attached hydrogens (tertiary/aromatic N) is 7. The summed E-state index contributed by atoms with van der Waals surface area (Å²) in [5, 5.41) is 33.8. The molecule has 0 saturated carbocycles. The van der Waals surface area contributed by atoms with Crippen LogP contribution in [0.1, 0.15) is 135 Å². The van der Waals surface area contributed by atoms with E-state index in [0.717, 1.165) is 0 Å². The fraction of sp³-hybridized carbons (Fsp3) is 0.712. The summed E-state index contributed by atoms with van der Waals surface area (Å²) in [4.78, 5) is 180.